The second kappa shape index (κ2) is 1.34. The van der Waals surface area contributed by atoms with Crippen molar-refractivity contribution in [3.63, 3.8) is 0 Å². The molecule has 0 aliphatic carbocycles. The molecule has 0 unspecified atom stereocenters. The van der Waals surface area contributed by atoms with E-state index in [0.717, 1.165) is 6.54 Å². The Balaban J connectivity index is 2.23. The van der Waals surface area contributed by atoms with E-state index in [9.17, 15) is 0 Å². The highest BCUT2D eigenvalue weighted by Gasteiger charge is 2.19. The molecule has 2 heteroatoms. The van der Waals surface area contributed by atoms with Gasteiger partial charge in [0, 0.05) is 31.1 Å². The van der Waals surface area contributed by atoms with Crippen LogP contribution < -0.4 is 0 Å². The summed E-state index contributed by atoms with van der Waals surface area (Å²) in [7, 11) is 0. The maximum absolute atomic E-state index is 4.03. The van der Waals surface area contributed by atoms with Crippen LogP contribution in [0.3, 0.4) is 0 Å². The first-order chi connectivity index (χ1) is 3.97. The lowest BCUT2D eigenvalue weighted by molar-refractivity contribution is 0.288. The maximum atomic E-state index is 4.03. The Hall–Kier alpha value is -0.790. The van der Waals surface area contributed by atoms with E-state index in [-0.39, 0.29) is 0 Å². The normalized spacial score (nSPS) is 24.0. The summed E-state index contributed by atoms with van der Waals surface area (Å²) in [5.74, 6) is 0. The smallest absolute Gasteiger partial charge is 0.0530 e. The van der Waals surface area contributed by atoms with E-state index in [2.05, 4.69) is 9.89 Å². The van der Waals surface area contributed by atoms with Crippen LogP contribution in [0.1, 0.15) is 6.42 Å². The van der Waals surface area contributed by atoms with Crippen molar-refractivity contribution in [2.45, 2.75) is 6.42 Å². The van der Waals surface area contributed by atoms with E-state index in [4.69, 9.17) is 0 Å². The molecule has 0 aromatic rings. The third-order valence-corrected chi connectivity index (χ3v) is 1.68. The molecule has 2 heterocycles. The number of rotatable bonds is 0. The molecule has 8 heavy (non-hydrogen) atoms. The highest BCUT2D eigenvalue weighted by atomic mass is 15.2. The van der Waals surface area contributed by atoms with Crippen LogP contribution in [0.5, 0.6) is 0 Å². The molecule has 0 bridgehead atoms. The molecule has 0 amide bonds. The van der Waals surface area contributed by atoms with Gasteiger partial charge in [-0.25, -0.2) is 0 Å². The number of aliphatic imine (C=N–C) groups is 1. The molecular formula is C6H8N2. The third-order valence-electron chi connectivity index (χ3n) is 1.68. The molecule has 2 aliphatic rings. The van der Waals surface area contributed by atoms with Crippen molar-refractivity contribution in [1.29, 1.82) is 0 Å². The zero-order valence-corrected chi connectivity index (χ0v) is 4.67. The van der Waals surface area contributed by atoms with E-state index in [0.29, 0.717) is 0 Å². The van der Waals surface area contributed by atoms with Gasteiger partial charge in [-0.1, -0.05) is 0 Å². The van der Waals surface area contributed by atoms with Crippen molar-refractivity contribution in [2.24, 2.45) is 4.99 Å². The molecule has 0 spiro atoms. The lowest BCUT2D eigenvalue weighted by atomic mass is 10.1. The average molecular weight is 108 g/mol. The average Bonchev–Trinajstić information content (AvgIpc) is 1.72. The maximum Gasteiger partial charge on any atom is 0.0530 e. The molecule has 1 saturated heterocycles. The first kappa shape index (κ1) is 4.13. The van der Waals surface area contributed by atoms with Crippen molar-refractivity contribution >= 4 is 6.21 Å². The fourth-order valence-electron chi connectivity index (χ4n) is 1.04. The first-order valence-electron chi connectivity index (χ1n) is 2.92. The second-order valence-electron chi connectivity index (χ2n) is 2.15. The minimum Gasteiger partial charge on any atom is -0.368 e. The van der Waals surface area contributed by atoms with Crippen LogP contribution in [0, 0.1) is 0 Å². The van der Waals surface area contributed by atoms with Gasteiger partial charge in [-0.15, -0.1) is 0 Å². The molecule has 1 fully saturated rings. The lowest BCUT2D eigenvalue weighted by Gasteiger charge is -2.36. The monoisotopic (exact) mass is 108 g/mol. The minimum atomic E-state index is 1.03. The van der Waals surface area contributed by atoms with Crippen molar-refractivity contribution in [3.05, 3.63) is 11.9 Å². The van der Waals surface area contributed by atoms with Crippen LogP contribution >= 0.6 is 0 Å². The van der Waals surface area contributed by atoms with Gasteiger partial charge in [0.25, 0.3) is 0 Å². The Morgan fingerprint density at radius 3 is 3.00 bits per heavy atom. The van der Waals surface area contributed by atoms with Crippen molar-refractivity contribution < 1.29 is 0 Å². The van der Waals surface area contributed by atoms with E-state index >= 15 is 0 Å². The fraction of sp³-hybridized carbons (Fsp3) is 0.500. The van der Waals surface area contributed by atoms with Gasteiger partial charge in [-0.05, 0) is 0 Å². The zero-order chi connectivity index (χ0) is 5.40. The van der Waals surface area contributed by atoms with Crippen LogP contribution in [0.2, 0.25) is 0 Å². The Kier molecular flexibility index (Phi) is 0.692. The van der Waals surface area contributed by atoms with Crippen LogP contribution in [-0.2, 0) is 0 Å². The molecule has 0 saturated carbocycles. The Morgan fingerprint density at radius 2 is 2.62 bits per heavy atom. The summed E-state index contributed by atoms with van der Waals surface area (Å²) in [6.07, 6.45) is 5.13. The van der Waals surface area contributed by atoms with Gasteiger partial charge in [0.2, 0.25) is 0 Å². The van der Waals surface area contributed by atoms with Crippen LogP contribution in [0.15, 0.2) is 16.9 Å². The zero-order valence-electron chi connectivity index (χ0n) is 4.67. The van der Waals surface area contributed by atoms with Crippen LogP contribution in [-0.4, -0.2) is 24.2 Å². The molecular weight excluding hydrogens is 100 g/mol. The number of fused-ring (bicyclic) bond motifs is 1. The molecule has 2 nitrogen and oxygen atoms in total. The first-order valence-corrected chi connectivity index (χ1v) is 2.92. The molecule has 0 atom stereocenters. The Morgan fingerprint density at radius 1 is 1.62 bits per heavy atom. The summed E-state index contributed by atoms with van der Waals surface area (Å²) in [5, 5.41) is 0. The largest absolute Gasteiger partial charge is 0.368 e. The molecule has 0 aromatic heterocycles. The fourth-order valence-corrected chi connectivity index (χ4v) is 1.04. The van der Waals surface area contributed by atoms with Gasteiger partial charge in [-0.3, -0.25) is 4.99 Å². The highest BCUT2D eigenvalue weighted by Crippen LogP contribution is 2.21. The summed E-state index contributed by atoms with van der Waals surface area (Å²) in [4.78, 5) is 6.36. The summed E-state index contributed by atoms with van der Waals surface area (Å²) in [6.45, 7) is 2.27. The van der Waals surface area contributed by atoms with E-state index in [1.807, 2.05) is 12.4 Å². The van der Waals surface area contributed by atoms with Gasteiger partial charge in [-0.2, -0.15) is 0 Å². The van der Waals surface area contributed by atoms with E-state index in [1.165, 1.54) is 18.7 Å². The molecule has 42 valence electrons. The van der Waals surface area contributed by atoms with Gasteiger partial charge < -0.3 is 4.90 Å². The molecule has 2 rings (SSSR count). The SMILES string of the molecule is C1=NC=C2CCN2C1. The molecule has 0 N–H and O–H groups in total. The van der Waals surface area contributed by atoms with E-state index in [1.54, 1.807) is 0 Å². The molecule has 2 aliphatic heterocycles. The number of nitrogens with zero attached hydrogens (tertiary/aromatic N) is 2. The van der Waals surface area contributed by atoms with E-state index < -0.39 is 0 Å². The van der Waals surface area contributed by atoms with Gasteiger partial charge in [0.1, 0.15) is 0 Å². The lowest BCUT2D eigenvalue weighted by Crippen LogP contribution is -2.37. The van der Waals surface area contributed by atoms with Gasteiger partial charge in [0.05, 0.1) is 6.54 Å². The van der Waals surface area contributed by atoms with Crippen LogP contribution in [0.4, 0.5) is 0 Å². The standard InChI is InChI=1S/C6H8N2/c1-3-8-4-2-7-5-6(1)8/h2,5H,1,3-4H2. The van der Waals surface area contributed by atoms with Crippen LogP contribution in [0.25, 0.3) is 0 Å². The quantitative estimate of drug-likeness (QED) is 0.444. The summed E-state index contributed by atoms with van der Waals surface area (Å²) < 4.78 is 0. The topological polar surface area (TPSA) is 15.6 Å². The Bertz CT molecular complexity index is 158. The predicted molar refractivity (Wildman–Crippen MR) is 32.8 cm³/mol. The Labute approximate surface area is 48.5 Å². The number of hydrogen-bond acceptors (Lipinski definition) is 2. The summed E-state index contributed by atoms with van der Waals surface area (Å²) >= 11 is 0. The summed E-state index contributed by atoms with van der Waals surface area (Å²) in [6, 6.07) is 0. The van der Waals surface area contributed by atoms with Crippen molar-refractivity contribution in [2.75, 3.05) is 13.1 Å². The second-order valence-corrected chi connectivity index (χ2v) is 2.15. The summed E-state index contributed by atoms with van der Waals surface area (Å²) in [5.41, 5.74) is 1.41. The van der Waals surface area contributed by atoms with Gasteiger partial charge >= 0.3 is 0 Å². The third kappa shape index (κ3) is 0.399. The van der Waals surface area contributed by atoms with Gasteiger partial charge in [0.15, 0.2) is 0 Å². The predicted octanol–water partition coefficient (Wildman–Crippen LogP) is 0.618. The van der Waals surface area contributed by atoms with Crippen molar-refractivity contribution in [3.8, 4) is 0 Å². The molecule has 0 aromatic carbocycles. The minimum absolute atomic E-state index is 1.03. The highest BCUT2D eigenvalue weighted by molar-refractivity contribution is 5.63. The van der Waals surface area contributed by atoms with Crippen molar-refractivity contribution in [1.82, 2.24) is 4.90 Å². The number of hydrogen-bond donors (Lipinski definition) is 0. The molecule has 0 radical (unpaired) electrons.